The van der Waals surface area contributed by atoms with E-state index in [0.717, 1.165) is 0 Å². The Morgan fingerprint density at radius 1 is 1.42 bits per heavy atom. The molecule has 2 N–H and O–H groups in total. The van der Waals surface area contributed by atoms with Gasteiger partial charge in [0.1, 0.15) is 22.5 Å². The highest BCUT2D eigenvalue weighted by atomic mass is 35.5. The Balaban J connectivity index is 2.45. The predicted octanol–water partition coefficient (Wildman–Crippen LogP) is 1.99. The first kappa shape index (κ1) is 17.7. The third kappa shape index (κ3) is 4.02. The maximum absolute atomic E-state index is 11.8. The van der Waals surface area contributed by atoms with Crippen LogP contribution in [0.5, 0.6) is 5.75 Å². The Hall–Kier alpha value is -2.61. The lowest BCUT2D eigenvalue weighted by Gasteiger charge is -2.21. The number of pyridine rings is 1. The lowest BCUT2D eigenvalue weighted by Crippen LogP contribution is -2.19. The second kappa shape index (κ2) is 7.78. The monoisotopic (exact) mass is 351 g/mol. The van der Waals surface area contributed by atoms with Gasteiger partial charge in [0, 0.05) is 24.9 Å². The molecule has 0 aliphatic rings. The van der Waals surface area contributed by atoms with Crippen molar-refractivity contribution in [3.05, 3.63) is 29.0 Å². The molecule has 8 nitrogen and oxygen atoms in total. The maximum Gasteiger partial charge on any atom is 0.310 e. The minimum atomic E-state index is -0.430. The minimum absolute atomic E-state index is 0.00245. The molecule has 0 radical (unpaired) electrons. The number of methoxy groups -OCH3 is 1. The molecular weight excluding hydrogens is 334 g/mol. The van der Waals surface area contributed by atoms with E-state index in [4.69, 9.17) is 26.8 Å². The quantitative estimate of drug-likeness (QED) is 0.622. The molecule has 2 aromatic heterocycles. The largest absolute Gasteiger partial charge is 0.497 e. The van der Waals surface area contributed by atoms with E-state index in [1.54, 1.807) is 44.3 Å². The molecule has 0 atom stereocenters. The number of halogens is 1. The molecule has 0 saturated carbocycles. The summed E-state index contributed by atoms with van der Waals surface area (Å²) in [5.41, 5.74) is 6.11. The molecule has 2 aromatic rings. The van der Waals surface area contributed by atoms with Crippen molar-refractivity contribution in [1.82, 2.24) is 15.0 Å². The minimum Gasteiger partial charge on any atom is -0.497 e. The van der Waals surface area contributed by atoms with Crippen molar-refractivity contribution in [2.45, 2.75) is 13.3 Å². The van der Waals surface area contributed by atoms with E-state index in [0.29, 0.717) is 22.9 Å². The number of hydrogen-bond donors (Lipinski definition) is 1. The number of nitrogens with zero attached hydrogens (tertiary/aromatic N) is 4. The first-order valence-corrected chi connectivity index (χ1v) is 7.55. The third-order valence-electron chi connectivity index (χ3n) is 3.19. The molecule has 0 saturated heterocycles. The van der Waals surface area contributed by atoms with Crippen LogP contribution >= 0.6 is 11.6 Å². The average molecular weight is 352 g/mol. The SMILES string of the molecule is CCOC(=O)Cc1c(Cl)nc(N)nc1N(C)c1cc(OC)ccn1. The molecule has 0 fully saturated rings. The fraction of sp³-hybridized carbons (Fsp3) is 0.333. The van der Waals surface area contributed by atoms with Gasteiger partial charge in [-0.2, -0.15) is 4.98 Å². The van der Waals surface area contributed by atoms with E-state index >= 15 is 0 Å². The number of ether oxygens (including phenoxy) is 2. The van der Waals surface area contributed by atoms with Crippen LogP contribution in [0.25, 0.3) is 0 Å². The Labute approximate surface area is 144 Å². The molecule has 0 bridgehead atoms. The normalized spacial score (nSPS) is 10.3. The van der Waals surface area contributed by atoms with Crippen LogP contribution in [0.3, 0.4) is 0 Å². The summed E-state index contributed by atoms with van der Waals surface area (Å²) in [5, 5.41) is 0.0975. The van der Waals surface area contributed by atoms with Gasteiger partial charge in [-0.3, -0.25) is 4.79 Å². The molecule has 9 heteroatoms. The van der Waals surface area contributed by atoms with Gasteiger partial charge in [0.05, 0.1) is 20.1 Å². The number of carbonyl (C=O) groups excluding carboxylic acids is 1. The molecule has 2 heterocycles. The first-order valence-electron chi connectivity index (χ1n) is 7.17. The van der Waals surface area contributed by atoms with Crippen molar-refractivity contribution in [2.75, 3.05) is 31.4 Å². The lowest BCUT2D eigenvalue weighted by atomic mass is 10.2. The zero-order valence-electron chi connectivity index (χ0n) is 13.6. The van der Waals surface area contributed by atoms with E-state index in [2.05, 4.69) is 15.0 Å². The van der Waals surface area contributed by atoms with E-state index in [-0.39, 0.29) is 24.1 Å². The van der Waals surface area contributed by atoms with Gasteiger partial charge in [0.2, 0.25) is 5.95 Å². The first-order chi connectivity index (χ1) is 11.5. The highest BCUT2D eigenvalue weighted by molar-refractivity contribution is 6.30. The molecule has 0 aliphatic heterocycles. The van der Waals surface area contributed by atoms with Crippen molar-refractivity contribution in [1.29, 1.82) is 0 Å². The van der Waals surface area contributed by atoms with Crippen molar-refractivity contribution in [3.63, 3.8) is 0 Å². The summed E-state index contributed by atoms with van der Waals surface area (Å²) in [6.45, 7) is 2.00. The number of nitrogen functional groups attached to an aromatic ring is 1. The Kier molecular flexibility index (Phi) is 5.75. The standard InChI is InChI=1S/C15H18ClN5O3/c1-4-24-12(22)8-10-13(16)19-15(17)20-14(10)21(2)11-7-9(23-3)5-6-18-11/h5-7H,4,8H2,1-3H3,(H2,17,19,20). The van der Waals surface area contributed by atoms with Crippen LogP contribution in [0.4, 0.5) is 17.6 Å². The summed E-state index contributed by atoms with van der Waals surface area (Å²) in [6, 6.07) is 3.44. The van der Waals surface area contributed by atoms with Gasteiger partial charge in [-0.25, -0.2) is 9.97 Å². The van der Waals surface area contributed by atoms with E-state index in [9.17, 15) is 4.79 Å². The van der Waals surface area contributed by atoms with Crippen LogP contribution in [0, 0.1) is 0 Å². The number of anilines is 3. The van der Waals surface area contributed by atoms with Crippen LogP contribution < -0.4 is 15.4 Å². The lowest BCUT2D eigenvalue weighted by molar-refractivity contribution is -0.142. The maximum atomic E-state index is 11.8. The Morgan fingerprint density at radius 3 is 2.83 bits per heavy atom. The topological polar surface area (TPSA) is 103 Å². The highest BCUT2D eigenvalue weighted by Crippen LogP contribution is 2.30. The van der Waals surface area contributed by atoms with Gasteiger partial charge in [-0.1, -0.05) is 11.6 Å². The van der Waals surface area contributed by atoms with E-state index < -0.39 is 5.97 Å². The Bertz CT molecular complexity index is 741. The molecule has 2 rings (SSSR count). The van der Waals surface area contributed by atoms with Crippen LogP contribution in [0.2, 0.25) is 5.15 Å². The molecule has 128 valence electrons. The van der Waals surface area contributed by atoms with Crippen molar-refractivity contribution >= 4 is 35.2 Å². The van der Waals surface area contributed by atoms with Gasteiger partial charge in [0.25, 0.3) is 0 Å². The smallest absolute Gasteiger partial charge is 0.310 e. The number of aromatic nitrogens is 3. The van der Waals surface area contributed by atoms with E-state index in [1.807, 2.05) is 0 Å². The summed E-state index contributed by atoms with van der Waals surface area (Å²) in [4.78, 5) is 25.9. The second-order valence-corrected chi connectivity index (χ2v) is 5.13. The van der Waals surface area contributed by atoms with Gasteiger partial charge in [0.15, 0.2) is 0 Å². The van der Waals surface area contributed by atoms with Gasteiger partial charge in [-0.05, 0) is 13.0 Å². The number of nitrogens with two attached hydrogens (primary N) is 1. The number of carbonyl (C=O) groups is 1. The zero-order chi connectivity index (χ0) is 17.7. The molecule has 24 heavy (non-hydrogen) atoms. The molecular formula is C15H18ClN5O3. The average Bonchev–Trinajstić information content (AvgIpc) is 2.56. The summed E-state index contributed by atoms with van der Waals surface area (Å²) < 4.78 is 10.2. The van der Waals surface area contributed by atoms with Crippen molar-refractivity contribution < 1.29 is 14.3 Å². The third-order valence-corrected chi connectivity index (χ3v) is 3.51. The molecule has 0 aliphatic carbocycles. The summed E-state index contributed by atoms with van der Waals surface area (Å²) in [5.74, 6) is 1.13. The second-order valence-electron chi connectivity index (χ2n) is 4.77. The summed E-state index contributed by atoms with van der Waals surface area (Å²) in [6.07, 6.45) is 1.53. The van der Waals surface area contributed by atoms with E-state index in [1.165, 1.54) is 0 Å². The number of rotatable bonds is 6. The molecule has 0 spiro atoms. The van der Waals surface area contributed by atoms with Gasteiger partial charge >= 0.3 is 5.97 Å². The van der Waals surface area contributed by atoms with Gasteiger partial charge in [-0.15, -0.1) is 0 Å². The van der Waals surface area contributed by atoms with Crippen molar-refractivity contribution in [3.8, 4) is 5.75 Å². The van der Waals surface area contributed by atoms with Crippen molar-refractivity contribution in [2.24, 2.45) is 0 Å². The summed E-state index contributed by atoms with van der Waals surface area (Å²) >= 11 is 6.16. The molecule has 0 amide bonds. The van der Waals surface area contributed by atoms with Crippen LogP contribution in [-0.2, 0) is 16.0 Å². The molecule has 0 unspecified atom stereocenters. The number of hydrogen-bond acceptors (Lipinski definition) is 8. The summed E-state index contributed by atoms with van der Waals surface area (Å²) in [7, 11) is 3.29. The number of esters is 1. The van der Waals surface area contributed by atoms with Crippen LogP contribution in [-0.4, -0.2) is 41.7 Å². The Morgan fingerprint density at radius 2 is 2.17 bits per heavy atom. The highest BCUT2D eigenvalue weighted by Gasteiger charge is 2.21. The van der Waals surface area contributed by atoms with Crippen LogP contribution in [0.15, 0.2) is 18.3 Å². The molecule has 0 aromatic carbocycles. The van der Waals surface area contributed by atoms with Crippen LogP contribution in [0.1, 0.15) is 12.5 Å². The fourth-order valence-electron chi connectivity index (χ4n) is 2.07. The zero-order valence-corrected chi connectivity index (χ0v) is 14.4. The fourth-order valence-corrected chi connectivity index (χ4v) is 2.30. The predicted molar refractivity (Wildman–Crippen MR) is 90.6 cm³/mol. The van der Waals surface area contributed by atoms with Gasteiger partial charge < -0.3 is 20.1 Å².